The van der Waals surface area contributed by atoms with E-state index in [1.165, 1.54) is 9.80 Å². The van der Waals surface area contributed by atoms with Crippen LogP contribution >= 0.6 is 0 Å². The van der Waals surface area contributed by atoms with E-state index in [4.69, 9.17) is 4.74 Å². The highest BCUT2D eigenvalue weighted by Crippen LogP contribution is 2.43. The largest absolute Gasteiger partial charge is 0.465 e. The van der Waals surface area contributed by atoms with Crippen molar-refractivity contribution in [3.63, 3.8) is 0 Å². The number of anilines is 2. The minimum absolute atomic E-state index is 0.0994. The predicted octanol–water partition coefficient (Wildman–Crippen LogP) is 9.12. The van der Waals surface area contributed by atoms with Crippen LogP contribution in [0, 0.1) is 11.8 Å². The number of amides is 2. The molecule has 0 radical (unpaired) electrons. The summed E-state index contributed by atoms with van der Waals surface area (Å²) < 4.78 is 6.15. The Bertz CT molecular complexity index is 1300. The van der Waals surface area contributed by atoms with Gasteiger partial charge in [-0.1, -0.05) is 41.5 Å². The van der Waals surface area contributed by atoms with E-state index in [1.807, 2.05) is 0 Å². The second-order valence-corrected chi connectivity index (χ2v) is 15.1. The van der Waals surface area contributed by atoms with Crippen molar-refractivity contribution < 1.29 is 24.5 Å². The summed E-state index contributed by atoms with van der Waals surface area (Å²) in [4.78, 5) is 28.5. The van der Waals surface area contributed by atoms with Gasteiger partial charge in [-0.2, -0.15) is 0 Å². The summed E-state index contributed by atoms with van der Waals surface area (Å²) in [6.45, 7) is 21.7. The second-order valence-electron chi connectivity index (χ2n) is 15.1. The third-order valence-corrected chi connectivity index (χ3v) is 12.2. The third-order valence-electron chi connectivity index (χ3n) is 12.2. The molecule has 0 aromatic heterocycles. The summed E-state index contributed by atoms with van der Waals surface area (Å²) in [6.07, 6.45) is 3.12. The van der Waals surface area contributed by atoms with Crippen molar-refractivity contribution in [2.45, 2.75) is 142 Å². The number of carboxylic acid groups (broad SMARTS) is 2. The Morgan fingerprint density at radius 2 is 0.979 bits per heavy atom. The number of piperidine rings is 2. The minimum atomic E-state index is -0.963. The van der Waals surface area contributed by atoms with Crippen LogP contribution in [0.1, 0.15) is 108 Å². The molecule has 2 amide bonds. The van der Waals surface area contributed by atoms with Gasteiger partial charge in [0.05, 0.1) is 0 Å². The van der Waals surface area contributed by atoms with Gasteiger partial charge in [0.1, 0.15) is 11.5 Å². The first-order valence-electron chi connectivity index (χ1n) is 17.5. The lowest BCUT2D eigenvalue weighted by Gasteiger charge is -2.55. The molecule has 2 fully saturated rings. The Morgan fingerprint density at radius 3 is 1.23 bits per heavy atom. The number of nitrogens with zero attached hydrogens (tertiary/aromatic N) is 2. The van der Waals surface area contributed by atoms with Gasteiger partial charge < -0.3 is 25.6 Å². The summed E-state index contributed by atoms with van der Waals surface area (Å²) in [7, 11) is 0. The first-order valence-corrected chi connectivity index (χ1v) is 17.5. The Hall–Kier alpha value is -3.30. The Morgan fingerprint density at radius 1 is 0.660 bits per heavy atom. The van der Waals surface area contributed by atoms with Crippen molar-refractivity contribution in [2.24, 2.45) is 11.8 Å². The Balaban J connectivity index is 1.55. The van der Waals surface area contributed by atoms with E-state index in [1.54, 1.807) is 48.5 Å². The molecular weight excluding hydrogens is 592 g/mol. The van der Waals surface area contributed by atoms with Crippen molar-refractivity contribution in [2.75, 3.05) is 9.80 Å². The number of hydrogen-bond donors (Lipinski definition) is 4. The average molecular weight is 651 g/mol. The fourth-order valence-electron chi connectivity index (χ4n) is 8.12. The van der Waals surface area contributed by atoms with E-state index in [0.717, 1.165) is 38.5 Å². The number of ether oxygens (including phenoxy) is 1. The van der Waals surface area contributed by atoms with E-state index >= 15 is 0 Å². The van der Waals surface area contributed by atoms with Crippen LogP contribution in [0.2, 0.25) is 0 Å². The van der Waals surface area contributed by atoms with Crippen molar-refractivity contribution in [3.05, 3.63) is 48.5 Å². The highest BCUT2D eigenvalue weighted by molar-refractivity contribution is 5.88. The zero-order valence-electron chi connectivity index (χ0n) is 30.2. The molecule has 2 aromatic rings. The molecule has 8 unspecified atom stereocenters. The van der Waals surface area contributed by atoms with Crippen molar-refractivity contribution >= 4 is 23.6 Å². The fraction of sp³-hybridized carbons (Fsp3) is 0.632. The fourth-order valence-corrected chi connectivity index (χ4v) is 8.12. The van der Waals surface area contributed by atoms with Crippen molar-refractivity contribution in [3.8, 4) is 11.5 Å². The Labute approximate surface area is 282 Å². The van der Waals surface area contributed by atoms with Gasteiger partial charge in [-0.05, 0) is 127 Å². The maximum Gasteiger partial charge on any atom is 0.412 e. The van der Waals surface area contributed by atoms with Crippen LogP contribution in [0.5, 0.6) is 11.5 Å². The normalized spacial score (nSPS) is 34.0. The van der Waals surface area contributed by atoms with Crippen LogP contribution in [0.25, 0.3) is 0 Å². The summed E-state index contributed by atoms with van der Waals surface area (Å²) >= 11 is 0. The van der Waals surface area contributed by atoms with E-state index in [2.05, 4.69) is 79.9 Å². The lowest BCUT2D eigenvalue weighted by molar-refractivity contribution is 0.0685. The Kier molecular flexibility index (Phi) is 10.6. The molecule has 0 saturated carbocycles. The smallest absolute Gasteiger partial charge is 0.412 e. The number of hydrogen-bond acceptors (Lipinski definition) is 5. The highest BCUT2D eigenvalue weighted by Gasteiger charge is 2.50. The van der Waals surface area contributed by atoms with E-state index in [0.29, 0.717) is 22.9 Å². The molecule has 9 heteroatoms. The molecule has 8 atom stereocenters. The lowest BCUT2D eigenvalue weighted by Crippen LogP contribution is -2.69. The molecule has 2 saturated heterocycles. The molecule has 47 heavy (non-hydrogen) atoms. The predicted molar refractivity (Wildman–Crippen MR) is 190 cm³/mol. The molecular formula is C38H58N4O5. The zero-order valence-corrected chi connectivity index (χ0v) is 30.2. The highest BCUT2D eigenvalue weighted by atomic mass is 16.5. The number of benzene rings is 2. The first kappa shape index (κ1) is 36.5. The summed E-state index contributed by atoms with van der Waals surface area (Å²) in [6, 6.07) is 14.0. The zero-order chi connectivity index (χ0) is 34.9. The molecule has 4 rings (SSSR count). The lowest BCUT2D eigenvalue weighted by atomic mass is 9.68. The van der Waals surface area contributed by atoms with Crippen LogP contribution < -0.4 is 25.2 Å². The number of nitrogens with one attached hydrogen (secondary N) is 2. The standard InChI is InChI=1S/C38H58N4O5/c1-11-35(7)23-31(25(5)37(9,13-3)39-35)41(33(43)44)27-15-19-29(20-16-27)47-30-21-17-28(18-22-30)42(34(45)46)32-24-36(8,12-2)40-38(10,14-4)26(32)6/h15-22,25-26,31-32,39-40H,11-14,23-24H2,1-10H3,(H,43,44)(H,45,46). The van der Waals surface area contributed by atoms with E-state index in [-0.39, 0.29) is 46.1 Å². The summed E-state index contributed by atoms with van der Waals surface area (Å²) in [5.74, 6) is 1.34. The van der Waals surface area contributed by atoms with Crippen LogP contribution in [-0.2, 0) is 0 Å². The molecule has 2 heterocycles. The van der Waals surface area contributed by atoms with Gasteiger partial charge in [-0.25, -0.2) is 9.59 Å². The van der Waals surface area contributed by atoms with Crippen molar-refractivity contribution in [1.82, 2.24) is 10.6 Å². The summed E-state index contributed by atoms with van der Waals surface area (Å²) in [5.41, 5.74) is 0.509. The quantitative estimate of drug-likeness (QED) is 0.203. The van der Waals surface area contributed by atoms with Gasteiger partial charge in [-0.3, -0.25) is 9.80 Å². The van der Waals surface area contributed by atoms with Crippen LogP contribution in [0.15, 0.2) is 48.5 Å². The van der Waals surface area contributed by atoms with Crippen LogP contribution in [-0.4, -0.2) is 56.6 Å². The molecule has 2 aliphatic heterocycles. The van der Waals surface area contributed by atoms with Crippen LogP contribution in [0.3, 0.4) is 0 Å². The minimum Gasteiger partial charge on any atom is -0.465 e. The van der Waals surface area contributed by atoms with Crippen molar-refractivity contribution in [1.29, 1.82) is 0 Å². The molecule has 9 nitrogen and oxygen atoms in total. The number of carbonyl (C=O) groups is 2. The molecule has 0 aliphatic carbocycles. The van der Waals surface area contributed by atoms with Gasteiger partial charge in [0.15, 0.2) is 0 Å². The molecule has 2 aliphatic rings. The van der Waals surface area contributed by atoms with Gasteiger partial charge in [0.25, 0.3) is 0 Å². The molecule has 260 valence electrons. The van der Waals surface area contributed by atoms with Gasteiger partial charge in [0, 0.05) is 45.6 Å². The molecule has 2 aromatic carbocycles. The second kappa shape index (κ2) is 13.7. The van der Waals surface area contributed by atoms with Gasteiger partial charge in [0.2, 0.25) is 0 Å². The molecule has 4 N–H and O–H groups in total. The first-order chi connectivity index (χ1) is 22.0. The van der Waals surface area contributed by atoms with Crippen LogP contribution in [0.4, 0.5) is 21.0 Å². The maximum absolute atomic E-state index is 12.7. The SMILES string of the molecule is CCC1(C)CC(N(C(=O)O)c2ccc(Oc3ccc(N(C(=O)O)C4CC(C)(CC)NC(C)(CC)C4C)cc3)cc2)C(C)C(C)(CC)N1. The monoisotopic (exact) mass is 650 g/mol. The van der Waals surface area contributed by atoms with Gasteiger partial charge >= 0.3 is 12.2 Å². The molecule has 0 bridgehead atoms. The maximum atomic E-state index is 12.7. The van der Waals surface area contributed by atoms with Gasteiger partial charge in [-0.15, -0.1) is 0 Å². The van der Waals surface area contributed by atoms with E-state index < -0.39 is 12.2 Å². The third kappa shape index (κ3) is 7.26. The summed E-state index contributed by atoms with van der Waals surface area (Å²) in [5, 5.41) is 28.5. The van der Waals surface area contributed by atoms with E-state index in [9.17, 15) is 19.8 Å². The molecule has 0 spiro atoms. The number of rotatable bonds is 10. The average Bonchev–Trinajstić information content (AvgIpc) is 3.03. The topological polar surface area (TPSA) is 114 Å².